The summed E-state index contributed by atoms with van der Waals surface area (Å²) in [7, 11) is 0. The first-order chi connectivity index (χ1) is 18.0. The number of para-hydroxylation sites is 1. The van der Waals surface area contributed by atoms with Gasteiger partial charge in [0.1, 0.15) is 11.9 Å². The summed E-state index contributed by atoms with van der Waals surface area (Å²) < 4.78 is 12.0. The van der Waals surface area contributed by atoms with Crippen molar-refractivity contribution in [3.63, 3.8) is 0 Å². The zero-order valence-electron chi connectivity index (χ0n) is 22.9. The topological polar surface area (TPSA) is 109 Å². The summed E-state index contributed by atoms with van der Waals surface area (Å²) in [5, 5.41) is 23.2. The summed E-state index contributed by atoms with van der Waals surface area (Å²) in [4.78, 5) is 31.5. The molecule has 0 aliphatic carbocycles. The van der Waals surface area contributed by atoms with Crippen LogP contribution in [-0.4, -0.2) is 50.9 Å². The minimum atomic E-state index is -1.28. The largest absolute Gasteiger partial charge is 0.456 e. The van der Waals surface area contributed by atoms with Crippen LogP contribution in [-0.2, 0) is 19.1 Å². The van der Waals surface area contributed by atoms with Crippen LogP contribution in [0.25, 0.3) is 10.9 Å². The second-order valence-electron chi connectivity index (χ2n) is 11.9. The number of aliphatic hydroxyl groups excluding tert-OH is 2. The van der Waals surface area contributed by atoms with Crippen molar-refractivity contribution in [2.24, 2.45) is 17.3 Å². The van der Waals surface area contributed by atoms with Gasteiger partial charge < -0.3 is 19.7 Å². The molecule has 2 aliphatic heterocycles. The van der Waals surface area contributed by atoms with Gasteiger partial charge in [-0.05, 0) is 44.2 Å². The number of hydrogen-bond acceptors (Lipinski definition) is 7. The summed E-state index contributed by atoms with van der Waals surface area (Å²) in [6, 6.07) is 11.6. The molecule has 2 aliphatic rings. The van der Waals surface area contributed by atoms with Crippen molar-refractivity contribution in [2.45, 2.75) is 96.2 Å². The Labute approximate surface area is 225 Å². The standard InChI is InChI=1S/C31H41NO6/c1-6-10-21-28(35)19(2)11-9-16-31(5)26(38-31)17-24(23-15-14-20-12-7-8-13-22(20)32-23)37-27(34)18-25(33)30(3,4)29(21)36/h6-8,12-15,19,21,24-26,28,33,35H,1,9-11,16-18H2,2-5H3/t19-,21-,24+,25+,26-,28-,31-/m1/s1. The molecular weight excluding hydrogens is 482 g/mol. The molecule has 38 heavy (non-hydrogen) atoms. The van der Waals surface area contributed by atoms with Crippen molar-refractivity contribution >= 4 is 22.7 Å². The number of Topliss-reactive ketones (excluding diaryl/α,β-unsaturated/α-hetero) is 1. The first-order valence-electron chi connectivity index (χ1n) is 13.7. The average molecular weight is 524 g/mol. The zero-order chi connectivity index (χ0) is 27.7. The Bertz CT molecular complexity index is 1180. The number of cyclic esters (lactones) is 1. The lowest BCUT2D eigenvalue weighted by Gasteiger charge is -2.35. The Morgan fingerprint density at radius 3 is 2.61 bits per heavy atom. The summed E-state index contributed by atoms with van der Waals surface area (Å²) >= 11 is 0. The third-order valence-electron chi connectivity index (χ3n) is 8.60. The van der Waals surface area contributed by atoms with Gasteiger partial charge in [-0.2, -0.15) is 0 Å². The Balaban J connectivity index is 1.63. The normalized spacial score (nSPS) is 34.8. The quantitative estimate of drug-likeness (QED) is 0.328. The third kappa shape index (κ3) is 6.00. The third-order valence-corrected chi connectivity index (χ3v) is 8.60. The molecule has 2 aromatic rings. The van der Waals surface area contributed by atoms with Gasteiger partial charge in [-0.1, -0.05) is 57.5 Å². The fourth-order valence-corrected chi connectivity index (χ4v) is 5.68. The first kappa shape index (κ1) is 28.4. The van der Waals surface area contributed by atoms with E-state index in [2.05, 4.69) is 13.5 Å². The lowest BCUT2D eigenvalue weighted by molar-refractivity contribution is -0.156. The highest BCUT2D eigenvalue weighted by Gasteiger charge is 2.53. The van der Waals surface area contributed by atoms with Crippen LogP contribution in [0.4, 0.5) is 0 Å². The average Bonchev–Trinajstić information content (AvgIpc) is 3.53. The van der Waals surface area contributed by atoms with E-state index >= 15 is 0 Å². The van der Waals surface area contributed by atoms with Gasteiger partial charge in [0, 0.05) is 17.7 Å². The highest BCUT2D eigenvalue weighted by atomic mass is 16.6. The number of allylic oxidation sites excluding steroid dienone is 1. The number of pyridine rings is 1. The van der Waals surface area contributed by atoms with Gasteiger partial charge in [0.15, 0.2) is 0 Å². The molecule has 1 aromatic carbocycles. The van der Waals surface area contributed by atoms with Crippen molar-refractivity contribution in [1.82, 2.24) is 4.98 Å². The van der Waals surface area contributed by atoms with Crippen LogP contribution in [0.3, 0.4) is 0 Å². The lowest BCUT2D eigenvalue weighted by atomic mass is 9.71. The predicted molar refractivity (Wildman–Crippen MR) is 145 cm³/mol. The molecule has 2 N–H and O–H groups in total. The first-order valence-corrected chi connectivity index (χ1v) is 13.7. The highest BCUT2D eigenvalue weighted by molar-refractivity contribution is 5.88. The number of carbonyl (C=O) groups excluding carboxylic acids is 2. The molecule has 7 atom stereocenters. The summed E-state index contributed by atoms with van der Waals surface area (Å²) in [5.74, 6) is -1.73. The summed E-state index contributed by atoms with van der Waals surface area (Å²) in [6.45, 7) is 11.0. The smallest absolute Gasteiger partial charge is 0.309 e. The highest BCUT2D eigenvalue weighted by Crippen LogP contribution is 2.46. The molecule has 1 aromatic heterocycles. The Hall–Kier alpha value is -2.61. The SMILES string of the molecule is C=CC[C@H]1C(=O)C(C)(C)[C@@H](O)CC(=O)O[C@H](c2ccc3ccccc3n2)C[C@H]2O[C@]2(C)CCC[C@@H](C)[C@H]1O. The maximum atomic E-state index is 13.6. The molecule has 0 saturated carbocycles. The van der Waals surface area contributed by atoms with Gasteiger partial charge in [-0.25, -0.2) is 4.98 Å². The second-order valence-corrected chi connectivity index (χ2v) is 11.9. The number of nitrogens with zero attached hydrogens (tertiary/aromatic N) is 1. The van der Waals surface area contributed by atoms with Crippen LogP contribution in [0, 0.1) is 17.3 Å². The monoisotopic (exact) mass is 523 g/mol. The van der Waals surface area contributed by atoms with E-state index in [0.717, 1.165) is 30.2 Å². The van der Waals surface area contributed by atoms with Crippen molar-refractivity contribution in [1.29, 1.82) is 0 Å². The van der Waals surface area contributed by atoms with E-state index in [9.17, 15) is 19.8 Å². The van der Waals surface area contributed by atoms with Crippen molar-refractivity contribution < 1.29 is 29.3 Å². The van der Waals surface area contributed by atoms with Crippen LogP contribution in [0.5, 0.6) is 0 Å². The van der Waals surface area contributed by atoms with E-state index in [1.165, 1.54) is 0 Å². The second kappa shape index (κ2) is 11.2. The molecular formula is C31H41NO6. The van der Waals surface area contributed by atoms with E-state index in [-0.39, 0.29) is 29.8 Å². The maximum absolute atomic E-state index is 13.6. The Morgan fingerprint density at radius 2 is 1.87 bits per heavy atom. The number of hydrogen-bond donors (Lipinski definition) is 2. The van der Waals surface area contributed by atoms with Crippen molar-refractivity contribution in [3.05, 3.63) is 54.7 Å². The van der Waals surface area contributed by atoms with Gasteiger partial charge in [-0.15, -0.1) is 6.58 Å². The minimum Gasteiger partial charge on any atom is -0.456 e. The molecule has 4 rings (SSSR count). The number of carbonyl (C=O) groups is 2. The zero-order valence-corrected chi connectivity index (χ0v) is 22.9. The number of ketones is 1. The number of ether oxygens (including phenoxy) is 2. The number of benzene rings is 1. The van der Waals surface area contributed by atoms with Gasteiger partial charge in [0.2, 0.25) is 0 Å². The van der Waals surface area contributed by atoms with Gasteiger partial charge in [0.25, 0.3) is 0 Å². The molecule has 3 heterocycles. The van der Waals surface area contributed by atoms with Crippen LogP contribution in [0.15, 0.2) is 49.1 Å². The molecule has 2 saturated heterocycles. The molecule has 0 bridgehead atoms. The van der Waals surface area contributed by atoms with E-state index in [1.54, 1.807) is 19.9 Å². The van der Waals surface area contributed by atoms with E-state index in [0.29, 0.717) is 18.5 Å². The molecule has 2 fully saturated rings. The van der Waals surface area contributed by atoms with Crippen LogP contribution in [0.1, 0.15) is 78.0 Å². The van der Waals surface area contributed by atoms with E-state index < -0.39 is 35.6 Å². The molecule has 7 heteroatoms. The number of rotatable bonds is 3. The molecule has 7 nitrogen and oxygen atoms in total. The number of esters is 1. The number of aliphatic hydroxyl groups is 2. The molecule has 0 spiro atoms. The summed E-state index contributed by atoms with van der Waals surface area (Å²) in [6.07, 6.45) is 1.48. The molecule has 206 valence electrons. The maximum Gasteiger partial charge on any atom is 0.309 e. The van der Waals surface area contributed by atoms with Crippen molar-refractivity contribution in [3.8, 4) is 0 Å². The lowest BCUT2D eigenvalue weighted by Crippen LogP contribution is -2.46. The van der Waals surface area contributed by atoms with E-state index in [1.807, 2.05) is 43.3 Å². The fraction of sp³-hybridized carbons (Fsp3) is 0.581. The van der Waals surface area contributed by atoms with Crippen LogP contribution >= 0.6 is 0 Å². The molecule has 0 radical (unpaired) electrons. The van der Waals surface area contributed by atoms with Gasteiger partial charge in [-0.3, -0.25) is 9.59 Å². The Kier molecular flexibility index (Phi) is 8.40. The minimum absolute atomic E-state index is 0.0989. The summed E-state index contributed by atoms with van der Waals surface area (Å²) in [5.41, 5.74) is -0.177. The number of epoxide rings is 1. The van der Waals surface area contributed by atoms with Gasteiger partial charge >= 0.3 is 5.97 Å². The number of fused-ring (bicyclic) bond motifs is 2. The fourth-order valence-electron chi connectivity index (χ4n) is 5.68. The van der Waals surface area contributed by atoms with Crippen molar-refractivity contribution in [2.75, 3.05) is 0 Å². The molecule has 0 unspecified atom stereocenters. The van der Waals surface area contributed by atoms with Crippen LogP contribution < -0.4 is 0 Å². The molecule has 0 amide bonds. The predicted octanol–water partition coefficient (Wildman–Crippen LogP) is 5.09. The number of aromatic nitrogens is 1. The van der Waals surface area contributed by atoms with Crippen LogP contribution in [0.2, 0.25) is 0 Å². The Morgan fingerprint density at radius 1 is 1.13 bits per heavy atom. The van der Waals surface area contributed by atoms with E-state index in [4.69, 9.17) is 14.5 Å². The van der Waals surface area contributed by atoms with Gasteiger partial charge in [0.05, 0.1) is 47.0 Å².